The molecule has 2 N–H and O–H groups in total. The average Bonchev–Trinajstić information content (AvgIpc) is 2.27. The van der Waals surface area contributed by atoms with E-state index in [2.05, 4.69) is 15.4 Å². The van der Waals surface area contributed by atoms with Crippen molar-refractivity contribution in [1.82, 2.24) is 10.6 Å². The monoisotopic (exact) mass is 216 g/mol. The Bertz CT molecular complexity index is 226. The van der Waals surface area contributed by atoms with E-state index in [0.717, 1.165) is 6.54 Å². The van der Waals surface area contributed by atoms with Gasteiger partial charge >= 0.3 is 5.97 Å². The smallest absolute Gasteiger partial charge is 0.325 e. The zero-order chi connectivity index (χ0) is 11.1. The van der Waals surface area contributed by atoms with Crippen LogP contribution in [0, 0.1) is 0 Å². The lowest BCUT2D eigenvalue weighted by Crippen LogP contribution is -2.48. The van der Waals surface area contributed by atoms with Crippen molar-refractivity contribution in [3.05, 3.63) is 0 Å². The zero-order valence-corrected chi connectivity index (χ0v) is 8.75. The van der Waals surface area contributed by atoms with Gasteiger partial charge in [-0.2, -0.15) is 0 Å². The Morgan fingerprint density at radius 1 is 1.60 bits per heavy atom. The molecule has 0 saturated carbocycles. The Kier molecular flexibility index (Phi) is 5.06. The fraction of sp³-hybridized carbons (Fsp3) is 0.778. The lowest BCUT2D eigenvalue weighted by molar-refractivity contribution is -0.145. The maximum absolute atomic E-state index is 11.4. The molecule has 0 unspecified atom stereocenters. The number of amides is 1. The summed E-state index contributed by atoms with van der Waals surface area (Å²) < 4.78 is 9.87. The van der Waals surface area contributed by atoms with Crippen molar-refractivity contribution in [3.63, 3.8) is 0 Å². The van der Waals surface area contributed by atoms with Gasteiger partial charge in [0.25, 0.3) is 5.91 Å². The minimum atomic E-state index is -0.506. The number of carbonyl (C=O) groups excluding carboxylic acids is 2. The van der Waals surface area contributed by atoms with Crippen molar-refractivity contribution in [1.29, 1.82) is 0 Å². The van der Waals surface area contributed by atoms with Gasteiger partial charge in [0.2, 0.25) is 0 Å². The molecule has 1 amide bonds. The normalized spacial score (nSPS) is 20.7. The lowest BCUT2D eigenvalue weighted by Gasteiger charge is -2.22. The van der Waals surface area contributed by atoms with Gasteiger partial charge in [-0.3, -0.25) is 9.59 Å². The number of morpholine rings is 1. The van der Waals surface area contributed by atoms with Crippen molar-refractivity contribution < 1.29 is 19.1 Å². The minimum absolute atomic E-state index is 0.105. The number of esters is 1. The van der Waals surface area contributed by atoms with Gasteiger partial charge < -0.3 is 20.1 Å². The van der Waals surface area contributed by atoms with E-state index in [1.54, 1.807) is 6.92 Å². The fourth-order valence-corrected chi connectivity index (χ4v) is 1.22. The van der Waals surface area contributed by atoms with Crippen LogP contribution in [-0.4, -0.2) is 50.8 Å². The summed E-state index contributed by atoms with van der Waals surface area (Å²) in [6.45, 7) is 3.67. The van der Waals surface area contributed by atoms with Crippen LogP contribution in [0.5, 0.6) is 0 Å². The van der Waals surface area contributed by atoms with E-state index in [4.69, 9.17) is 4.74 Å². The molecule has 15 heavy (non-hydrogen) atoms. The first-order chi connectivity index (χ1) is 7.24. The predicted octanol–water partition coefficient (Wildman–Crippen LogP) is -1.35. The summed E-state index contributed by atoms with van der Waals surface area (Å²) in [5.74, 6) is -0.718. The molecular weight excluding hydrogens is 200 g/mol. The Hall–Kier alpha value is -1.14. The van der Waals surface area contributed by atoms with Crippen LogP contribution in [0.4, 0.5) is 0 Å². The van der Waals surface area contributed by atoms with Gasteiger partial charge in [0.05, 0.1) is 13.2 Å². The van der Waals surface area contributed by atoms with Crippen LogP contribution >= 0.6 is 0 Å². The van der Waals surface area contributed by atoms with E-state index in [-0.39, 0.29) is 12.5 Å². The van der Waals surface area contributed by atoms with E-state index < -0.39 is 12.1 Å². The van der Waals surface area contributed by atoms with Crippen LogP contribution in [0.2, 0.25) is 0 Å². The molecule has 1 aliphatic rings. The molecule has 0 bridgehead atoms. The van der Waals surface area contributed by atoms with Gasteiger partial charge in [-0.05, 0) is 6.92 Å². The first-order valence-electron chi connectivity index (χ1n) is 4.99. The molecule has 0 aliphatic carbocycles. The summed E-state index contributed by atoms with van der Waals surface area (Å²) in [5.41, 5.74) is 0. The molecule has 0 aromatic heterocycles. The van der Waals surface area contributed by atoms with Gasteiger partial charge in [-0.25, -0.2) is 0 Å². The quantitative estimate of drug-likeness (QED) is 0.568. The zero-order valence-electron chi connectivity index (χ0n) is 8.75. The maximum Gasteiger partial charge on any atom is 0.325 e. The third-order valence-corrected chi connectivity index (χ3v) is 1.93. The van der Waals surface area contributed by atoms with Crippen molar-refractivity contribution in [2.24, 2.45) is 0 Å². The number of hydrogen-bond acceptors (Lipinski definition) is 5. The van der Waals surface area contributed by atoms with Crippen LogP contribution in [0.15, 0.2) is 0 Å². The van der Waals surface area contributed by atoms with E-state index in [1.165, 1.54) is 0 Å². The highest BCUT2D eigenvalue weighted by molar-refractivity contribution is 5.85. The van der Waals surface area contributed by atoms with Crippen molar-refractivity contribution in [2.75, 3.05) is 32.8 Å². The van der Waals surface area contributed by atoms with E-state index in [0.29, 0.717) is 19.8 Å². The second-order valence-electron chi connectivity index (χ2n) is 3.09. The fourth-order valence-electron chi connectivity index (χ4n) is 1.22. The number of nitrogens with one attached hydrogen (secondary N) is 2. The molecule has 0 aromatic carbocycles. The van der Waals surface area contributed by atoms with E-state index >= 15 is 0 Å². The highest BCUT2D eigenvalue weighted by atomic mass is 16.5. The minimum Gasteiger partial charge on any atom is -0.465 e. The summed E-state index contributed by atoms with van der Waals surface area (Å²) in [6, 6.07) is 0. The van der Waals surface area contributed by atoms with Crippen LogP contribution in [0.1, 0.15) is 6.92 Å². The SMILES string of the molecule is CCOC(=O)CNC(=O)[C@@H]1CNCCO1. The maximum atomic E-state index is 11.4. The first-order valence-corrected chi connectivity index (χ1v) is 4.99. The van der Waals surface area contributed by atoms with Crippen LogP contribution in [-0.2, 0) is 19.1 Å². The third kappa shape index (κ3) is 4.26. The summed E-state index contributed by atoms with van der Waals surface area (Å²) in [6.07, 6.45) is -0.506. The van der Waals surface area contributed by atoms with Crippen LogP contribution < -0.4 is 10.6 Å². The summed E-state index contributed by atoms with van der Waals surface area (Å²) in [4.78, 5) is 22.4. The lowest BCUT2D eigenvalue weighted by atomic mass is 10.3. The van der Waals surface area contributed by atoms with Crippen LogP contribution in [0.3, 0.4) is 0 Å². The Morgan fingerprint density at radius 2 is 2.40 bits per heavy atom. The molecule has 6 heteroatoms. The molecule has 0 spiro atoms. The molecule has 1 atom stereocenters. The topological polar surface area (TPSA) is 76.7 Å². The second-order valence-corrected chi connectivity index (χ2v) is 3.09. The summed E-state index contributed by atoms with van der Waals surface area (Å²) >= 11 is 0. The summed E-state index contributed by atoms with van der Waals surface area (Å²) in [5, 5.41) is 5.48. The molecule has 1 heterocycles. The molecule has 1 rings (SSSR count). The molecule has 6 nitrogen and oxygen atoms in total. The van der Waals surface area contributed by atoms with E-state index in [9.17, 15) is 9.59 Å². The van der Waals surface area contributed by atoms with Gasteiger partial charge in [0, 0.05) is 13.1 Å². The molecule has 86 valence electrons. The summed E-state index contributed by atoms with van der Waals surface area (Å²) in [7, 11) is 0. The highest BCUT2D eigenvalue weighted by Crippen LogP contribution is 1.95. The van der Waals surface area contributed by atoms with Gasteiger partial charge in [0.15, 0.2) is 0 Å². The first kappa shape index (κ1) is 11.9. The molecule has 1 aliphatic heterocycles. The van der Waals surface area contributed by atoms with Crippen molar-refractivity contribution in [3.8, 4) is 0 Å². The predicted molar refractivity (Wildman–Crippen MR) is 52.3 cm³/mol. The number of carbonyl (C=O) groups is 2. The Morgan fingerprint density at radius 3 is 3.00 bits per heavy atom. The highest BCUT2D eigenvalue weighted by Gasteiger charge is 2.21. The number of rotatable bonds is 4. The Balaban J connectivity index is 2.19. The third-order valence-electron chi connectivity index (χ3n) is 1.93. The molecular formula is C9H16N2O4. The number of ether oxygens (including phenoxy) is 2. The molecule has 0 radical (unpaired) electrons. The van der Waals surface area contributed by atoms with E-state index in [1.807, 2.05) is 0 Å². The molecule has 1 fully saturated rings. The Labute approximate surface area is 88.3 Å². The molecule has 0 aromatic rings. The average molecular weight is 216 g/mol. The van der Waals surface area contributed by atoms with Crippen molar-refractivity contribution >= 4 is 11.9 Å². The molecule has 1 saturated heterocycles. The van der Waals surface area contributed by atoms with Gasteiger partial charge in [-0.1, -0.05) is 0 Å². The standard InChI is InChI=1S/C9H16N2O4/c1-2-14-8(12)6-11-9(13)7-5-10-3-4-15-7/h7,10H,2-6H2,1H3,(H,11,13)/t7-/m0/s1. The number of hydrogen-bond donors (Lipinski definition) is 2. The van der Waals surface area contributed by atoms with Crippen molar-refractivity contribution in [2.45, 2.75) is 13.0 Å². The van der Waals surface area contributed by atoms with Crippen LogP contribution in [0.25, 0.3) is 0 Å². The largest absolute Gasteiger partial charge is 0.465 e. The second kappa shape index (κ2) is 6.36. The van der Waals surface area contributed by atoms with Gasteiger partial charge in [0.1, 0.15) is 12.6 Å². The van der Waals surface area contributed by atoms with Gasteiger partial charge in [-0.15, -0.1) is 0 Å².